The van der Waals surface area contributed by atoms with E-state index in [2.05, 4.69) is 0 Å². The number of methoxy groups -OCH3 is 2. The van der Waals surface area contributed by atoms with Crippen LogP contribution >= 0.6 is 0 Å². The third-order valence-corrected chi connectivity index (χ3v) is 3.39. The summed E-state index contributed by atoms with van der Waals surface area (Å²) in [5.74, 6) is 0.770. The number of hydrogen-bond acceptors (Lipinski definition) is 3. The molecule has 0 aromatic heterocycles. The molecule has 1 amide bonds. The third kappa shape index (κ3) is 3.55. The number of ether oxygens (including phenoxy) is 2. The Bertz CT molecular complexity index is 655. The molecule has 0 fully saturated rings. The van der Waals surface area contributed by atoms with Gasteiger partial charge in [-0.3, -0.25) is 4.79 Å². The molecular weight excluding hydrogens is 285 g/mol. The molecule has 0 aliphatic rings. The summed E-state index contributed by atoms with van der Waals surface area (Å²) in [7, 11) is 4.77. The fourth-order valence-electron chi connectivity index (χ4n) is 2.09. The van der Waals surface area contributed by atoms with E-state index in [0.29, 0.717) is 17.2 Å². The van der Waals surface area contributed by atoms with E-state index in [1.54, 1.807) is 45.5 Å². The molecule has 0 radical (unpaired) electrons. The van der Waals surface area contributed by atoms with E-state index in [9.17, 15) is 9.18 Å². The van der Waals surface area contributed by atoms with Crippen LogP contribution in [0.1, 0.15) is 5.56 Å². The van der Waals surface area contributed by atoms with Crippen molar-refractivity contribution in [3.05, 3.63) is 53.8 Å². The van der Waals surface area contributed by atoms with Gasteiger partial charge in [0, 0.05) is 12.7 Å². The van der Waals surface area contributed by atoms with Crippen LogP contribution in [-0.4, -0.2) is 27.2 Å². The van der Waals surface area contributed by atoms with Gasteiger partial charge in [0.15, 0.2) is 11.5 Å². The minimum absolute atomic E-state index is 0.0983. The lowest BCUT2D eigenvalue weighted by atomic mass is 10.1. The number of carbonyl (C=O) groups excluding carboxylic acids is 1. The monoisotopic (exact) mass is 303 g/mol. The van der Waals surface area contributed by atoms with Crippen LogP contribution in [0, 0.1) is 5.82 Å². The van der Waals surface area contributed by atoms with Crippen LogP contribution in [0.4, 0.5) is 10.1 Å². The molecule has 5 heteroatoms. The van der Waals surface area contributed by atoms with Crippen molar-refractivity contribution in [2.45, 2.75) is 6.42 Å². The number of benzene rings is 2. The van der Waals surface area contributed by atoms with Gasteiger partial charge in [0.1, 0.15) is 5.82 Å². The van der Waals surface area contributed by atoms with Crippen LogP contribution in [0.15, 0.2) is 42.5 Å². The Labute approximate surface area is 129 Å². The van der Waals surface area contributed by atoms with Crippen LogP contribution in [0.2, 0.25) is 0 Å². The van der Waals surface area contributed by atoms with E-state index >= 15 is 0 Å². The molecule has 2 aromatic carbocycles. The second-order valence-corrected chi connectivity index (χ2v) is 4.80. The minimum Gasteiger partial charge on any atom is -0.493 e. The summed E-state index contributed by atoms with van der Waals surface area (Å²) in [4.78, 5) is 13.8. The molecule has 2 aromatic rings. The quantitative estimate of drug-likeness (QED) is 0.852. The maximum atomic E-state index is 12.9. The molecule has 4 nitrogen and oxygen atoms in total. The predicted octanol–water partition coefficient (Wildman–Crippen LogP) is 3.05. The number of carbonyl (C=O) groups is 1. The Balaban J connectivity index is 2.12. The Hall–Kier alpha value is -2.56. The molecule has 0 atom stereocenters. The van der Waals surface area contributed by atoms with Crippen molar-refractivity contribution in [2.24, 2.45) is 0 Å². The molecule has 22 heavy (non-hydrogen) atoms. The highest BCUT2D eigenvalue weighted by molar-refractivity contribution is 5.94. The second kappa shape index (κ2) is 6.93. The van der Waals surface area contributed by atoms with Crippen molar-refractivity contribution in [1.29, 1.82) is 0 Å². The Kier molecular flexibility index (Phi) is 4.99. The molecule has 0 unspecified atom stereocenters. The number of amides is 1. The summed E-state index contributed by atoms with van der Waals surface area (Å²) < 4.78 is 23.3. The van der Waals surface area contributed by atoms with E-state index in [1.807, 2.05) is 6.07 Å². The first-order chi connectivity index (χ1) is 10.5. The van der Waals surface area contributed by atoms with E-state index < -0.39 is 0 Å². The minimum atomic E-state index is -0.329. The fraction of sp³-hybridized carbons (Fsp3) is 0.235. The number of hydrogen-bond donors (Lipinski definition) is 0. The van der Waals surface area contributed by atoms with E-state index in [4.69, 9.17) is 9.47 Å². The molecule has 0 saturated heterocycles. The van der Waals surface area contributed by atoms with Crippen molar-refractivity contribution in [3.63, 3.8) is 0 Å². The molecule has 2 rings (SSSR count). The van der Waals surface area contributed by atoms with Gasteiger partial charge in [0.25, 0.3) is 0 Å². The van der Waals surface area contributed by atoms with Gasteiger partial charge >= 0.3 is 0 Å². The van der Waals surface area contributed by atoms with Gasteiger partial charge in [-0.1, -0.05) is 6.07 Å². The predicted molar refractivity (Wildman–Crippen MR) is 83.1 cm³/mol. The highest BCUT2D eigenvalue weighted by atomic mass is 19.1. The maximum Gasteiger partial charge on any atom is 0.231 e. The number of anilines is 1. The second-order valence-electron chi connectivity index (χ2n) is 4.80. The van der Waals surface area contributed by atoms with Gasteiger partial charge in [-0.05, 0) is 42.0 Å². The van der Waals surface area contributed by atoms with E-state index in [1.165, 1.54) is 17.0 Å². The standard InChI is InChI=1S/C17H18FNO3/c1-19(14-7-5-13(18)6-8-14)17(20)11-12-4-9-15(21-2)16(10-12)22-3/h4-10H,11H2,1-3H3. The Morgan fingerprint density at radius 2 is 1.68 bits per heavy atom. The number of likely N-dealkylation sites (N-methyl/N-ethyl adjacent to an activating group) is 1. The van der Waals surface area contributed by atoms with Gasteiger partial charge in [-0.15, -0.1) is 0 Å². The number of nitrogens with zero attached hydrogens (tertiary/aromatic N) is 1. The molecule has 0 aliphatic carbocycles. The smallest absolute Gasteiger partial charge is 0.231 e. The average molecular weight is 303 g/mol. The highest BCUT2D eigenvalue weighted by Crippen LogP contribution is 2.28. The first-order valence-electron chi connectivity index (χ1n) is 6.78. The first-order valence-corrected chi connectivity index (χ1v) is 6.78. The van der Waals surface area contributed by atoms with Crippen molar-refractivity contribution >= 4 is 11.6 Å². The lowest BCUT2D eigenvalue weighted by molar-refractivity contribution is -0.117. The molecule has 0 saturated carbocycles. The van der Waals surface area contributed by atoms with Gasteiger partial charge in [-0.2, -0.15) is 0 Å². The van der Waals surface area contributed by atoms with Gasteiger partial charge in [0.05, 0.1) is 20.6 Å². The Morgan fingerprint density at radius 1 is 1.05 bits per heavy atom. The van der Waals surface area contributed by atoms with E-state index in [0.717, 1.165) is 5.56 Å². The third-order valence-electron chi connectivity index (χ3n) is 3.39. The van der Waals surface area contributed by atoms with Crippen LogP contribution in [0.3, 0.4) is 0 Å². The summed E-state index contributed by atoms with van der Waals surface area (Å²) >= 11 is 0. The van der Waals surface area contributed by atoms with Crippen LogP contribution < -0.4 is 14.4 Å². The number of halogens is 1. The van der Waals surface area contributed by atoms with Crippen molar-refractivity contribution in [3.8, 4) is 11.5 Å². The van der Waals surface area contributed by atoms with E-state index in [-0.39, 0.29) is 18.1 Å². The maximum absolute atomic E-state index is 12.9. The van der Waals surface area contributed by atoms with Gasteiger partial charge in [0.2, 0.25) is 5.91 Å². The van der Waals surface area contributed by atoms with Crippen molar-refractivity contribution in [2.75, 3.05) is 26.2 Å². The molecule has 0 heterocycles. The molecule has 0 aliphatic heterocycles. The summed E-state index contributed by atoms with van der Waals surface area (Å²) in [5.41, 5.74) is 1.46. The first kappa shape index (κ1) is 15.8. The summed E-state index contributed by atoms with van der Waals surface area (Å²) in [5, 5.41) is 0. The zero-order valence-electron chi connectivity index (χ0n) is 12.8. The van der Waals surface area contributed by atoms with Crippen LogP contribution in [0.5, 0.6) is 11.5 Å². The molecule has 0 N–H and O–H groups in total. The van der Waals surface area contributed by atoms with Gasteiger partial charge in [-0.25, -0.2) is 4.39 Å². The van der Waals surface area contributed by atoms with Crippen molar-refractivity contribution in [1.82, 2.24) is 0 Å². The zero-order valence-corrected chi connectivity index (χ0v) is 12.8. The Morgan fingerprint density at radius 3 is 2.27 bits per heavy atom. The zero-order chi connectivity index (χ0) is 16.1. The number of rotatable bonds is 5. The lowest BCUT2D eigenvalue weighted by Crippen LogP contribution is -2.27. The van der Waals surface area contributed by atoms with Crippen LogP contribution in [0.25, 0.3) is 0 Å². The topological polar surface area (TPSA) is 38.8 Å². The summed E-state index contributed by atoms with van der Waals surface area (Å²) in [6.07, 6.45) is 0.216. The highest BCUT2D eigenvalue weighted by Gasteiger charge is 2.13. The summed E-state index contributed by atoms with van der Waals surface area (Å²) in [6.45, 7) is 0. The van der Waals surface area contributed by atoms with Gasteiger partial charge < -0.3 is 14.4 Å². The summed E-state index contributed by atoms with van der Waals surface area (Å²) in [6, 6.07) is 11.2. The normalized spacial score (nSPS) is 10.2. The van der Waals surface area contributed by atoms with Crippen molar-refractivity contribution < 1.29 is 18.7 Å². The SMILES string of the molecule is COc1ccc(CC(=O)N(C)c2ccc(F)cc2)cc1OC. The molecule has 0 bridgehead atoms. The average Bonchev–Trinajstić information content (AvgIpc) is 2.54. The fourth-order valence-corrected chi connectivity index (χ4v) is 2.09. The lowest BCUT2D eigenvalue weighted by Gasteiger charge is -2.18. The molecule has 0 spiro atoms. The van der Waals surface area contributed by atoms with Crippen LogP contribution in [-0.2, 0) is 11.2 Å². The molecule has 116 valence electrons. The largest absolute Gasteiger partial charge is 0.493 e. The molecular formula is C17H18FNO3.